The van der Waals surface area contributed by atoms with E-state index in [9.17, 15) is 5.11 Å². The molecule has 0 aliphatic carbocycles. The van der Waals surface area contributed by atoms with Crippen molar-refractivity contribution >= 4 is 22.7 Å². The molecule has 5 heteroatoms. The molecule has 0 aliphatic rings. The average molecular weight is 411 g/mol. The van der Waals surface area contributed by atoms with E-state index in [1.165, 1.54) is 0 Å². The molecule has 2 N–H and O–H groups in total. The van der Waals surface area contributed by atoms with Gasteiger partial charge in [0.2, 0.25) is 0 Å². The van der Waals surface area contributed by atoms with Gasteiger partial charge in [0.25, 0.3) is 0 Å². The van der Waals surface area contributed by atoms with Crippen molar-refractivity contribution in [3.63, 3.8) is 0 Å². The minimum atomic E-state index is -0.384. The third kappa shape index (κ3) is 5.61. The molecule has 0 amide bonds. The first-order valence-electron chi connectivity index (χ1n) is 9.28. The van der Waals surface area contributed by atoms with Gasteiger partial charge in [0, 0.05) is 5.88 Å². The zero-order valence-corrected chi connectivity index (χ0v) is 16.7. The highest BCUT2D eigenvalue weighted by atomic mass is 35.5. The molecule has 0 saturated heterocycles. The number of alkyl halides is 1. The van der Waals surface area contributed by atoms with Crippen LogP contribution in [0.15, 0.2) is 78.9 Å². The lowest BCUT2D eigenvalue weighted by Crippen LogP contribution is -2.03. The lowest BCUT2D eigenvalue weighted by Gasteiger charge is -2.17. The van der Waals surface area contributed by atoms with Crippen LogP contribution in [0.3, 0.4) is 0 Å². The van der Waals surface area contributed by atoms with Crippen LogP contribution in [0.4, 0.5) is 0 Å². The third-order valence-corrected chi connectivity index (χ3v) is 4.66. The molecular weight excluding hydrogens is 388 g/mol. The Morgan fingerprint density at radius 3 is 2.00 bits per heavy atom. The Hall–Kier alpha value is -2.79. The number of aliphatic hydroxyl groups is 1. The summed E-state index contributed by atoms with van der Waals surface area (Å²) in [5.74, 6) is 1.36. The van der Waals surface area contributed by atoms with Crippen molar-refractivity contribution in [2.24, 2.45) is 0 Å². The fraction of sp³-hybridized carbons (Fsp3) is 0.167. The van der Waals surface area contributed by atoms with Gasteiger partial charge in [-0.25, -0.2) is 0 Å². The molecule has 0 bridgehead atoms. The van der Waals surface area contributed by atoms with Crippen LogP contribution in [0.2, 0.25) is 0 Å². The topological polar surface area (TPSA) is 58.9 Å². The summed E-state index contributed by atoms with van der Waals surface area (Å²) >= 11 is 6.16. The maximum absolute atomic E-state index is 9.72. The van der Waals surface area contributed by atoms with Crippen LogP contribution in [0, 0.1) is 0 Å². The van der Waals surface area contributed by atoms with E-state index in [0.717, 1.165) is 27.8 Å². The summed E-state index contributed by atoms with van der Waals surface area (Å²) in [5.41, 5.74) is 5.28. The van der Waals surface area contributed by atoms with Gasteiger partial charge in [0.1, 0.15) is 18.3 Å². The first kappa shape index (κ1) is 20.9. The fourth-order valence-corrected chi connectivity index (χ4v) is 3.34. The Morgan fingerprint density at radius 2 is 1.41 bits per heavy atom. The SMILES string of the molecule is OCOCOc1ccc(/C(=C(/CCCl)c2ccccc2)c2ccc(O)cc2)cc1. The van der Waals surface area contributed by atoms with Gasteiger partial charge in [0.05, 0.1) is 0 Å². The highest BCUT2D eigenvalue weighted by Gasteiger charge is 2.14. The van der Waals surface area contributed by atoms with E-state index in [1.807, 2.05) is 54.6 Å². The number of benzene rings is 3. The van der Waals surface area contributed by atoms with Crippen molar-refractivity contribution in [1.29, 1.82) is 0 Å². The predicted molar refractivity (Wildman–Crippen MR) is 116 cm³/mol. The van der Waals surface area contributed by atoms with E-state index in [-0.39, 0.29) is 19.3 Å². The number of hydrogen-bond acceptors (Lipinski definition) is 4. The number of ether oxygens (including phenoxy) is 2. The van der Waals surface area contributed by atoms with Crippen molar-refractivity contribution < 1.29 is 19.7 Å². The summed E-state index contributed by atoms with van der Waals surface area (Å²) in [4.78, 5) is 0. The van der Waals surface area contributed by atoms with Gasteiger partial charge in [-0.15, -0.1) is 11.6 Å². The summed E-state index contributed by atoms with van der Waals surface area (Å²) in [6, 6.07) is 25.0. The van der Waals surface area contributed by atoms with E-state index in [1.54, 1.807) is 12.1 Å². The molecule has 0 aromatic heterocycles. The first-order valence-corrected chi connectivity index (χ1v) is 9.82. The van der Waals surface area contributed by atoms with Gasteiger partial charge in [0.15, 0.2) is 6.79 Å². The largest absolute Gasteiger partial charge is 0.508 e. The van der Waals surface area contributed by atoms with Crippen molar-refractivity contribution in [3.05, 3.63) is 95.6 Å². The zero-order valence-electron chi connectivity index (χ0n) is 15.9. The van der Waals surface area contributed by atoms with Crippen molar-refractivity contribution in [2.75, 3.05) is 19.5 Å². The van der Waals surface area contributed by atoms with E-state index in [0.29, 0.717) is 18.1 Å². The van der Waals surface area contributed by atoms with Crippen LogP contribution < -0.4 is 4.74 Å². The van der Waals surface area contributed by atoms with Crippen molar-refractivity contribution in [1.82, 2.24) is 0 Å². The number of halogens is 1. The molecule has 3 rings (SSSR count). The lowest BCUT2D eigenvalue weighted by atomic mass is 9.88. The Labute approximate surface area is 175 Å². The third-order valence-electron chi connectivity index (χ3n) is 4.47. The Morgan fingerprint density at radius 1 is 0.793 bits per heavy atom. The molecule has 4 nitrogen and oxygen atoms in total. The van der Waals surface area contributed by atoms with Crippen LogP contribution in [0.25, 0.3) is 11.1 Å². The van der Waals surface area contributed by atoms with Gasteiger partial charge >= 0.3 is 0 Å². The summed E-state index contributed by atoms with van der Waals surface area (Å²) in [5, 5.41) is 18.4. The molecule has 0 saturated carbocycles. The molecule has 3 aromatic carbocycles. The maximum Gasteiger partial charge on any atom is 0.191 e. The van der Waals surface area contributed by atoms with Gasteiger partial charge in [-0.3, -0.25) is 0 Å². The van der Waals surface area contributed by atoms with Gasteiger partial charge in [-0.1, -0.05) is 54.6 Å². The summed E-state index contributed by atoms with van der Waals surface area (Å²) in [6.45, 7) is -0.400. The minimum absolute atomic E-state index is 0.0159. The van der Waals surface area contributed by atoms with Crippen LogP contribution >= 0.6 is 11.6 Å². The smallest absolute Gasteiger partial charge is 0.191 e. The Kier molecular flexibility index (Phi) is 7.70. The number of hydrogen-bond donors (Lipinski definition) is 2. The average Bonchev–Trinajstić information content (AvgIpc) is 2.76. The van der Waals surface area contributed by atoms with Crippen LogP contribution in [-0.2, 0) is 4.74 Å². The van der Waals surface area contributed by atoms with E-state index in [2.05, 4.69) is 12.1 Å². The highest BCUT2D eigenvalue weighted by molar-refractivity contribution is 6.18. The number of allylic oxidation sites excluding steroid dienone is 1. The van der Waals surface area contributed by atoms with Crippen LogP contribution in [0.5, 0.6) is 11.5 Å². The van der Waals surface area contributed by atoms with Gasteiger partial charge < -0.3 is 19.7 Å². The predicted octanol–water partition coefficient (Wildman–Crippen LogP) is 5.28. The summed E-state index contributed by atoms with van der Waals surface area (Å²) in [7, 11) is 0. The normalized spacial score (nSPS) is 11.8. The van der Waals surface area contributed by atoms with Crippen LogP contribution in [0.1, 0.15) is 23.1 Å². The monoisotopic (exact) mass is 410 g/mol. The first-order chi connectivity index (χ1) is 14.2. The van der Waals surface area contributed by atoms with Crippen molar-refractivity contribution in [2.45, 2.75) is 6.42 Å². The molecular formula is C24H23ClO4. The van der Waals surface area contributed by atoms with E-state index in [4.69, 9.17) is 26.2 Å². The molecule has 0 heterocycles. The number of aromatic hydroxyl groups is 1. The number of aliphatic hydroxyl groups excluding tert-OH is 1. The van der Waals surface area contributed by atoms with Gasteiger partial charge in [-0.05, 0) is 58.5 Å². The second-order valence-corrected chi connectivity index (χ2v) is 6.70. The number of phenolic OH excluding ortho intramolecular Hbond substituents is 1. The minimum Gasteiger partial charge on any atom is -0.508 e. The van der Waals surface area contributed by atoms with Gasteiger partial charge in [-0.2, -0.15) is 0 Å². The zero-order chi connectivity index (χ0) is 20.5. The quantitative estimate of drug-likeness (QED) is 0.218. The molecule has 0 aliphatic heterocycles. The fourth-order valence-electron chi connectivity index (χ4n) is 3.16. The molecule has 0 radical (unpaired) electrons. The lowest BCUT2D eigenvalue weighted by molar-refractivity contribution is -0.0653. The Balaban J connectivity index is 2.09. The molecule has 0 unspecified atom stereocenters. The maximum atomic E-state index is 9.72. The van der Waals surface area contributed by atoms with Crippen LogP contribution in [-0.4, -0.2) is 29.7 Å². The highest BCUT2D eigenvalue weighted by Crippen LogP contribution is 2.35. The second kappa shape index (κ2) is 10.7. The molecule has 0 fully saturated rings. The standard InChI is InChI=1S/C24H23ClO4/c25-15-14-23(18-4-2-1-3-5-18)24(19-6-10-21(27)11-7-19)20-8-12-22(13-9-20)29-17-28-16-26/h1-13,26-27H,14-17H2/b24-23-. The molecule has 0 atom stereocenters. The summed E-state index contributed by atoms with van der Waals surface area (Å²) < 4.78 is 10.3. The summed E-state index contributed by atoms with van der Waals surface area (Å²) in [6.07, 6.45) is 0.699. The number of phenols is 1. The second-order valence-electron chi connectivity index (χ2n) is 6.33. The van der Waals surface area contributed by atoms with E-state index >= 15 is 0 Å². The molecule has 3 aromatic rings. The molecule has 29 heavy (non-hydrogen) atoms. The molecule has 0 spiro atoms. The molecule has 150 valence electrons. The number of rotatable bonds is 9. The van der Waals surface area contributed by atoms with E-state index < -0.39 is 0 Å². The van der Waals surface area contributed by atoms with Crippen molar-refractivity contribution in [3.8, 4) is 11.5 Å². The Bertz CT molecular complexity index is 919.